The Morgan fingerprint density at radius 1 is 1.57 bits per heavy atom. The van der Waals surface area contributed by atoms with Crippen LogP contribution in [0.2, 0.25) is 0 Å². The van der Waals surface area contributed by atoms with Crippen molar-refractivity contribution in [2.24, 2.45) is 5.73 Å². The number of aliphatic hydroxyl groups excluding tert-OH is 1. The molecule has 1 saturated heterocycles. The zero-order valence-corrected chi connectivity index (χ0v) is 13.3. The second-order valence-electron chi connectivity index (χ2n) is 4.87. The fourth-order valence-corrected chi connectivity index (χ4v) is 4.21. The minimum Gasteiger partial charge on any atom is -0.395 e. The second kappa shape index (κ2) is 6.37. The molecular formula is C13H18N2O4S2. The van der Waals surface area contributed by atoms with Crippen LogP contribution >= 0.6 is 12.2 Å². The van der Waals surface area contributed by atoms with Gasteiger partial charge < -0.3 is 15.6 Å². The number of aryl methyl sites for hydroxylation is 1. The third kappa shape index (κ3) is 3.24. The van der Waals surface area contributed by atoms with Crippen molar-refractivity contribution >= 4 is 27.2 Å². The maximum atomic E-state index is 12.7. The Balaban J connectivity index is 2.39. The first-order valence-corrected chi connectivity index (χ1v) is 8.33. The van der Waals surface area contributed by atoms with Gasteiger partial charge in [0.2, 0.25) is 10.0 Å². The van der Waals surface area contributed by atoms with E-state index in [1.807, 2.05) is 0 Å². The molecule has 3 N–H and O–H groups in total. The van der Waals surface area contributed by atoms with E-state index >= 15 is 0 Å². The molecule has 116 valence electrons. The maximum absolute atomic E-state index is 12.7. The van der Waals surface area contributed by atoms with Gasteiger partial charge in [-0.1, -0.05) is 18.3 Å². The molecule has 1 aliphatic heterocycles. The van der Waals surface area contributed by atoms with Crippen molar-refractivity contribution in [1.82, 2.24) is 4.31 Å². The molecular weight excluding hydrogens is 312 g/mol. The molecule has 8 heteroatoms. The van der Waals surface area contributed by atoms with E-state index in [0.717, 1.165) is 0 Å². The summed E-state index contributed by atoms with van der Waals surface area (Å²) in [7, 11) is -3.68. The Bertz CT molecular complexity index is 646. The Morgan fingerprint density at radius 3 is 2.86 bits per heavy atom. The van der Waals surface area contributed by atoms with Crippen molar-refractivity contribution in [3.63, 3.8) is 0 Å². The number of sulfonamides is 1. The van der Waals surface area contributed by atoms with Gasteiger partial charge in [-0.05, 0) is 24.6 Å². The minimum atomic E-state index is -3.68. The van der Waals surface area contributed by atoms with Crippen LogP contribution in [0, 0.1) is 6.92 Å². The highest BCUT2D eigenvalue weighted by Gasteiger charge is 2.33. The fourth-order valence-electron chi connectivity index (χ4n) is 2.31. The molecule has 0 aromatic heterocycles. The molecule has 1 aliphatic rings. The molecule has 1 atom stereocenters. The van der Waals surface area contributed by atoms with Crippen molar-refractivity contribution in [1.29, 1.82) is 0 Å². The lowest BCUT2D eigenvalue weighted by molar-refractivity contribution is 0.0109. The molecule has 2 rings (SSSR count). The van der Waals surface area contributed by atoms with Crippen LogP contribution in [0.3, 0.4) is 0 Å². The molecule has 0 bridgehead atoms. The number of benzene rings is 1. The van der Waals surface area contributed by atoms with E-state index < -0.39 is 16.1 Å². The molecule has 1 aromatic rings. The van der Waals surface area contributed by atoms with Crippen LogP contribution in [-0.2, 0) is 14.8 Å². The number of rotatable bonds is 4. The summed E-state index contributed by atoms with van der Waals surface area (Å²) in [6.07, 6.45) is 0. The zero-order valence-electron chi connectivity index (χ0n) is 11.7. The molecule has 21 heavy (non-hydrogen) atoms. The van der Waals surface area contributed by atoms with Crippen LogP contribution in [0.5, 0.6) is 0 Å². The lowest BCUT2D eigenvalue weighted by Gasteiger charge is -2.33. The third-order valence-electron chi connectivity index (χ3n) is 3.45. The average molecular weight is 330 g/mol. The van der Waals surface area contributed by atoms with Gasteiger partial charge in [-0.3, -0.25) is 0 Å². The van der Waals surface area contributed by atoms with Crippen molar-refractivity contribution in [3.8, 4) is 0 Å². The summed E-state index contributed by atoms with van der Waals surface area (Å²) in [4.78, 5) is 0.399. The van der Waals surface area contributed by atoms with Gasteiger partial charge in [-0.25, -0.2) is 8.42 Å². The number of hydrogen-bond acceptors (Lipinski definition) is 5. The number of ether oxygens (including phenoxy) is 1. The largest absolute Gasteiger partial charge is 0.395 e. The third-order valence-corrected chi connectivity index (χ3v) is 5.62. The Kier molecular flexibility index (Phi) is 4.95. The average Bonchev–Trinajstić information content (AvgIpc) is 2.46. The van der Waals surface area contributed by atoms with Crippen LogP contribution in [-0.4, -0.2) is 55.2 Å². The van der Waals surface area contributed by atoms with Crippen LogP contribution in [0.4, 0.5) is 0 Å². The zero-order chi connectivity index (χ0) is 15.6. The lowest BCUT2D eigenvalue weighted by Crippen LogP contribution is -2.50. The summed E-state index contributed by atoms with van der Waals surface area (Å²) in [6, 6.07) is 4.09. The minimum absolute atomic E-state index is 0.167. The van der Waals surface area contributed by atoms with Gasteiger partial charge in [0.1, 0.15) is 4.99 Å². The smallest absolute Gasteiger partial charge is 0.243 e. The normalized spacial score (nSPS) is 20.4. The lowest BCUT2D eigenvalue weighted by atomic mass is 10.1. The van der Waals surface area contributed by atoms with E-state index in [4.69, 9.17) is 22.7 Å². The summed E-state index contributed by atoms with van der Waals surface area (Å²) in [5.74, 6) is 0. The molecule has 1 fully saturated rings. The Labute approximate surface area is 129 Å². The molecule has 1 heterocycles. The predicted octanol–water partition coefficient (Wildman–Crippen LogP) is 0.0110. The van der Waals surface area contributed by atoms with E-state index in [2.05, 4.69) is 0 Å². The number of hydrogen-bond donors (Lipinski definition) is 2. The molecule has 0 saturated carbocycles. The van der Waals surface area contributed by atoms with Gasteiger partial charge in [-0.15, -0.1) is 0 Å². The summed E-state index contributed by atoms with van der Waals surface area (Å²) in [5, 5.41) is 9.32. The summed E-state index contributed by atoms with van der Waals surface area (Å²) < 4.78 is 31.9. The van der Waals surface area contributed by atoms with Crippen LogP contribution in [0.25, 0.3) is 0 Å². The van der Waals surface area contributed by atoms with E-state index in [1.165, 1.54) is 10.4 Å². The number of nitrogens with two attached hydrogens (primary N) is 1. The monoisotopic (exact) mass is 330 g/mol. The summed E-state index contributed by atoms with van der Waals surface area (Å²) in [5.41, 5.74) is 6.95. The highest BCUT2D eigenvalue weighted by molar-refractivity contribution is 7.89. The number of nitrogens with zero attached hydrogens (tertiary/aromatic N) is 1. The Morgan fingerprint density at radius 2 is 2.29 bits per heavy atom. The standard InChI is InChI=1S/C13H18N2O4S2/c1-9-6-11(2-3-12(9)13(14)20)21(17,18)15-4-5-19-8-10(15)7-16/h2-3,6,10,16H,4-5,7-8H2,1H3,(H2,14,20). The van der Waals surface area contributed by atoms with Crippen LogP contribution in [0.1, 0.15) is 11.1 Å². The Hall–Kier alpha value is -1.06. The van der Waals surface area contributed by atoms with Gasteiger partial charge in [-0.2, -0.15) is 4.31 Å². The maximum Gasteiger partial charge on any atom is 0.243 e. The van der Waals surface area contributed by atoms with Gasteiger partial charge >= 0.3 is 0 Å². The molecule has 0 spiro atoms. The SMILES string of the molecule is Cc1cc(S(=O)(=O)N2CCOCC2CO)ccc1C(N)=S. The summed E-state index contributed by atoms with van der Waals surface area (Å²) >= 11 is 4.92. The van der Waals surface area contributed by atoms with Crippen molar-refractivity contribution < 1.29 is 18.3 Å². The van der Waals surface area contributed by atoms with Crippen molar-refractivity contribution in [3.05, 3.63) is 29.3 Å². The molecule has 6 nitrogen and oxygen atoms in total. The fraction of sp³-hybridized carbons (Fsp3) is 0.462. The molecule has 1 unspecified atom stereocenters. The highest BCUT2D eigenvalue weighted by Crippen LogP contribution is 2.22. The second-order valence-corrected chi connectivity index (χ2v) is 7.20. The van der Waals surface area contributed by atoms with Crippen molar-refractivity contribution in [2.75, 3.05) is 26.4 Å². The first-order valence-electron chi connectivity index (χ1n) is 6.49. The van der Waals surface area contributed by atoms with E-state index in [1.54, 1.807) is 19.1 Å². The first-order chi connectivity index (χ1) is 9.87. The summed E-state index contributed by atoms with van der Waals surface area (Å²) in [6.45, 7) is 2.22. The number of thiocarbonyl (C=S) groups is 1. The number of morpholine rings is 1. The van der Waals surface area contributed by atoms with E-state index in [9.17, 15) is 13.5 Å². The topological polar surface area (TPSA) is 92.9 Å². The van der Waals surface area contributed by atoms with Crippen LogP contribution < -0.4 is 5.73 Å². The van der Waals surface area contributed by atoms with Gasteiger partial charge in [0.05, 0.1) is 30.8 Å². The number of aliphatic hydroxyl groups is 1. The van der Waals surface area contributed by atoms with E-state index in [0.29, 0.717) is 17.7 Å². The van der Waals surface area contributed by atoms with Gasteiger partial charge in [0.15, 0.2) is 0 Å². The molecule has 0 amide bonds. The van der Waals surface area contributed by atoms with Crippen LogP contribution in [0.15, 0.2) is 23.1 Å². The molecule has 1 aromatic carbocycles. The quantitative estimate of drug-likeness (QED) is 0.756. The first kappa shape index (κ1) is 16.3. The molecule has 0 radical (unpaired) electrons. The molecule has 0 aliphatic carbocycles. The van der Waals surface area contributed by atoms with Crippen molar-refractivity contribution in [2.45, 2.75) is 17.9 Å². The van der Waals surface area contributed by atoms with Gasteiger partial charge in [0, 0.05) is 12.1 Å². The van der Waals surface area contributed by atoms with Gasteiger partial charge in [0.25, 0.3) is 0 Å². The predicted molar refractivity (Wildman–Crippen MR) is 82.7 cm³/mol. The van der Waals surface area contributed by atoms with E-state index in [-0.39, 0.29) is 29.6 Å². The highest BCUT2D eigenvalue weighted by atomic mass is 32.2.